The maximum Gasteiger partial charge on any atom is -0.00463 e. The predicted molar refractivity (Wildman–Crippen MR) is 49.4 cm³/mol. The lowest BCUT2D eigenvalue weighted by Crippen LogP contribution is -2.32. The third-order valence-electron chi connectivity index (χ3n) is 3.54. The third kappa shape index (κ3) is 1.96. The van der Waals surface area contributed by atoms with Gasteiger partial charge in [0.25, 0.3) is 0 Å². The Kier molecular flexibility index (Phi) is 2.94. The fourth-order valence-corrected chi connectivity index (χ4v) is 2.14. The minimum atomic E-state index is 0.562. The van der Waals surface area contributed by atoms with E-state index in [4.69, 9.17) is 5.73 Å². The van der Waals surface area contributed by atoms with E-state index in [2.05, 4.69) is 13.8 Å². The van der Waals surface area contributed by atoms with Crippen LogP contribution in [0.25, 0.3) is 0 Å². The van der Waals surface area contributed by atoms with Gasteiger partial charge in [0.1, 0.15) is 0 Å². The highest BCUT2D eigenvalue weighted by Crippen LogP contribution is 2.41. The monoisotopic (exact) mass is 155 g/mol. The molecule has 0 aromatic carbocycles. The van der Waals surface area contributed by atoms with Gasteiger partial charge in [-0.2, -0.15) is 0 Å². The van der Waals surface area contributed by atoms with Gasteiger partial charge in [0.05, 0.1) is 0 Å². The largest absolute Gasteiger partial charge is 0.330 e. The van der Waals surface area contributed by atoms with E-state index in [-0.39, 0.29) is 0 Å². The van der Waals surface area contributed by atoms with Crippen LogP contribution in [0.3, 0.4) is 0 Å². The molecule has 0 heterocycles. The molecule has 1 rings (SSSR count). The summed E-state index contributed by atoms with van der Waals surface area (Å²) in [5, 5.41) is 0. The second kappa shape index (κ2) is 3.57. The molecule has 1 saturated carbocycles. The van der Waals surface area contributed by atoms with Gasteiger partial charge in [0.15, 0.2) is 0 Å². The average molecular weight is 155 g/mol. The highest BCUT2D eigenvalue weighted by Gasteiger charge is 2.31. The molecular weight excluding hydrogens is 134 g/mol. The van der Waals surface area contributed by atoms with E-state index in [0.29, 0.717) is 11.3 Å². The lowest BCUT2D eigenvalue weighted by Gasteiger charge is -2.38. The van der Waals surface area contributed by atoms with Gasteiger partial charge in [-0.15, -0.1) is 0 Å². The van der Waals surface area contributed by atoms with Gasteiger partial charge < -0.3 is 5.73 Å². The van der Waals surface area contributed by atoms with E-state index < -0.39 is 0 Å². The molecule has 0 aliphatic heterocycles. The van der Waals surface area contributed by atoms with Crippen molar-refractivity contribution in [3.05, 3.63) is 0 Å². The fourth-order valence-electron chi connectivity index (χ4n) is 2.14. The Balaban J connectivity index is 2.49. The molecular formula is C10H21N. The van der Waals surface area contributed by atoms with Gasteiger partial charge in [-0.3, -0.25) is 0 Å². The zero-order valence-corrected chi connectivity index (χ0v) is 7.90. The normalized spacial score (nSPS) is 26.5. The number of hydrogen-bond donors (Lipinski definition) is 1. The van der Waals surface area contributed by atoms with E-state index in [0.717, 1.165) is 6.54 Å². The zero-order valence-electron chi connectivity index (χ0n) is 7.90. The molecule has 66 valence electrons. The summed E-state index contributed by atoms with van der Waals surface area (Å²) < 4.78 is 0. The van der Waals surface area contributed by atoms with E-state index >= 15 is 0 Å². The van der Waals surface area contributed by atoms with Crippen molar-refractivity contribution in [1.82, 2.24) is 0 Å². The van der Waals surface area contributed by atoms with Crippen molar-refractivity contribution < 1.29 is 0 Å². The molecule has 1 heteroatoms. The maximum absolute atomic E-state index is 5.69. The average Bonchev–Trinajstić information content (AvgIpc) is 2.04. The van der Waals surface area contributed by atoms with Crippen LogP contribution < -0.4 is 5.73 Å². The van der Waals surface area contributed by atoms with Crippen LogP contribution in [0, 0.1) is 11.3 Å². The Morgan fingerprint density at radius 3 is 2.27 bits per heavy atom. The molecule has 11 heavy (non-hydrogen) atoms. The van der Waals surface area contributed by atoms with Crippen LogP contribution in [-0.4, -0.2) is 6.54 Å². The molecule has 1 nitrogen and oxygen atoms in total. The molecule has 1 fully saturated rings. The van der Waals surface area contributed by atoms with Crippen LogP contribution in [0.4, 0.5) is 0 Å². The molecule has 1 atom stereocenters. The topological polar surface area (TPSA) is 26.0 Å². The summed E-state index contributed by atoms with van der Waals surface area (Å²) in [4.78, 5) is 0. The van der Waals surface area contributed by atoms with Crippen molar-refractivity contribution in [2.75, 3.05) is 6.54 Å². The van der Waals surface area contributed by atoms with Gasteiger partial charge in [-0.1, -0.05) is 33.1 Å². The van der Waals surface area contributed by atoms with E-state index in [1.54, 1.807) is 0 Å². The standard InChI is InChI=1S/C10H21N/c1-9(8-11)10(2)6-4-3-5-7-10/h9H,3-8,11H2,1-2H3/t9-/m0/s1. The highest BCUT2D eigenvalue weighted by molar-refractivity contribution is 4.83. The Hall–Kier alpha value is -0.0400. The predicted octanol–water partition coefficient (Wildman–Crippen LogP) is 2.55. The van der Waals surface area contributed by atoms with Gasteiger partial charge >= 0.3 is 0 Å². The van der Waals surface area contributed by atoms with Gasteiger partial charge in [0, 0.05) is 0 Å². The Morgan fingerprint density at radius 1 is 1.27 bits per heavy atom. The Morgan fingerprint density at radius 2 is 1.82 bits per heavy atom. The summed E-state index contributed by atoms with van der Waals surface area (Å²) in [6.07, 6.45) is 7.06. The molecule has 0 unspecified atom stereocenters. The van der Waals surface area contributed by atoms with Crippen molar-refractivity contribution in [3.63, 3.8) is 0 Å². The molecule has 0 amide bonds. The van der Waals surface area contributed by atoms with E-state index in [1.165, 1.54) is 32.1 Å². The molecule has 2 N–H and O–H groups in total. The van der Waals surface area contributed by atoms with Gasteiger partial charge in [-0.05, 0) is 30.7 Å². The van der Waals surface area contributed by atoms with E-state index in [9.17, 15) is 0 Å². The molecule has 0 bridgehead atoms. The summed E-state index contributed by atoms with van der Waals surface area (Å²) in [5.74, 6) is 0.711. The van der Waals surface area contributed by atoms with E-state index in [1.807, 2.05) is 0 Å². The van der Waals surface area contributed by atoms with Crippen molar-refractivity contribution >= 4 is 0 Å². The molecule has 0 aromatic heterocycles. The van der Waals surface area contributed by atoms with Crippen LogP contribution >= 0.6 is 0 Å². The minimum Gasteiger partial charge on any atom is -0.330 e. The van der Waals surface area contributed by atoms with Crippen LogP contribution in [0.5, 0.6) is 0 Å². The Labute approximate surface area is 70.4 Å². The number of hydrogen-bond acceptors (Lipinski definition) is 1. The summed E-state index contributed by atoms with van der Waals surface area (Å²) in [6, 6.07) is 0. The molecule has 1 aliphatic rings. The lowest BCUT2D eigenvalue weighted by atomic mass is 9.68. The summed E-state index contributed by atoms with van der Waals surface area (Å²) in [5.41, 5.74) is 6.25. The minimum absolute atomic E-state index is 0.562. The van der Waals surface area contributed by atoms with Crippen LogP contribution in [0.2, 0.25) is 0 Å². The number of nitrogens with two attached hydrogens (primary N) is 1. The second-order valence-corrected chi connectivity index (χ2v) is 4.35. The van der Waals surface area contributed by atoms with Crippen LogP contribution in [0.1, 0.15) is 46.0 Å². The molecule has 0 saturated heterocycles. The van der Waals surface area contributed by atoms with Crippen molar-refractivity contribution in [2.24, 2.45) is 17.1 Å². The third-order valence-corrected chi connectivity index (χ3v) is 3.54. The number of rotatable bonds is 2. The van der Waals surface area contributed by atoms with Gasteiger partial charge in [0.2, 0.25) is 0 Å². The first-order chi connectivity index (χ1) is 5.19. The zero-order chi connectivity index (χ0) is 8.32. The SMILES string of the molecule is C[C@@H](CN)C1(C)CCCCC1. The maximum atomic E-state index is 5.69. The Bertz CT molecular complexity index is 114. The molecule has 1 aliphatic carbocycles. The summed E-state index contributed by atoms with van der Waals surface area (Å²) in [7, 11) is 0. The first-order valence-electron chi connectivity index (χ1n) is 4.89. The van der Waals surface area contributed by atoms with Crippen molar-refractivity contribution in [3.8, 4) is 0 Å². The smallest absolute Gasteiger partial charge is 0.00463 e. The quantitative estimate of drug-likeness (QED) is 0.651. The first-order valence-corrected chi connectivity index (χ1v) is 4.89. The lowest BCUT2D eigenvalue weighted by molar-refractivity contribution is 0.136. The van der Waals surface area contributed by atoms with Crippen molar-refractivity contribution in [2.45, 2.75) is 46.0 Å². The first kappa shape index (κ1) is 9.05. The van der Waals surface area contributed by atoms with Crippen LogP contribution in [0.15, 0.2) is 0 Å². The molecule has 0 radical (unpaired) electrons. The highest BCUT2D eigenvalue weighted by atomic mass is 14.6. The second-order valence-electron chi connectivity index (χ2n) is 4.35. The van der Waals surface area contributed by atoms with Crippen molar-refractivity contribution in [1.29, 1.82) is 0 Å². The fraction of sp³-hybridized carbons (Fsp3) is 1.00. The summed E-state index contributed by atoms with van der Waals surface area (Å²) in [6.45, 7) is 5.56. The molecule has 0 aromatic rings. The molecule has 0 spiro atoms. The summed E-state index contributed by atoms with van der Waals surface area (Å²) >= 11 is 0. The van der Waals surface area contributed by atoms with Crippen LogP contribution in [-0.2, 0) is 0 Å². The van der Waals surface area contributed by atoms with Gasteiger partial charge in [-0.25, -0.2) is 0 Å².